The minimum absolute atomic E-state index is 0.0557. The molecule has 0 aliphatic carbocycles. The maximum absolute atomic E-state index is 12.6. The van der Waals surface area contributed by atoms with Gasteiger partial charge in [-0.05, 0) is 25.5 Å². The number of carbonyl (C=O) groups excluding carboxylic acids is 1. The predicted octanol–water partition coefficient (Wildman–Crippen LogP) is 2.52. The third-order valence-electron chi connectivity index (χ3n) is 3.61. The molecule has 5 nitrogen and oxygen atoms in total. The van der Waals surface area contributed by atoms with E-state index < -0.39 is 15.0 Å². The first-order valence-corrected chi connectivity index (χ1v) is 9.04. The van der Waals surface area contributed by atoms with Crippen molar-refractivity contribution in [1.29, 1.82) is 0 Å². The van der Waals surface area contributed by atoms with Crippen molar-refractivity contribution in [2.45, 2.75) is 30.4 Å². The third kappa shape index (κ3) is 3.34. The SMILES string of the molecule is CC1OCCC1N(C)C(=O)c1c(Cl)cccc1S(=O)(=O)Cl. The van der Waals surface area contributed by atoms with E-state index in [-0.39, 0.29) is 27.6 Å². The predicted molar refractivity (Wildman–Crippen MR) is 80.4 cm³/mol. The van der Waals surface area contributed by atoms with Crippen LogP contribution in [-0.4, -0.2) is 45.0 Å². The van der Waals surface area contributed by atoms with Crippen LogP contribution in [0.2, 0.25) is 5.02 Å². The smallest absolute Gasteiger partial charge is 0.262 e. The van der Waals surface area contributed by atoms with E-state index in [1.165, 1.54) is 23.1 Å². The van der Waals surface area contributed by atoms with Crippen LogP contribution < -0.4 is 0 Å². The number of rotatable bonds is 3. The first-order valence-electron chi connectivity index (χ1n) is 6.35. The average Bonchev–Trinajstić information content (AvgIpc) is 2.82. The maximum atomic E-state index is 12.6. The van der Waals surface area contributed by atoms with Crippen LogP contribution in [0, 0.1) is 0 Å². The van der Waals surface area contributed by atoms with Crippen molar-refractivity contribution in [3.8, 4) is 0 Å². The summed E-state index contributed by atoms with van der Waals surface area (Å²) in [5, 5.41) is 0.0557. The van der Waals surface area contributed by atoms with E-state index in [9.17, 15) is 13.2 Å². The fourth-order valence-electron chi connectivity index (χ4n) is 2.47. The molecule has 8 heteroatoms. The van der Waals surface area contributed by atoms with Crippen molar-refractivity contribution in [2.24, 2.45) is 0 Å². The van der Waals surface area contributed by atoms with Crippen LogP contribution in [0.15, 0.2) is 23.1 Å². The third-order valence-corrected chi connectivity index (χ3v) is 5.29. The van der Waals surface area contributed by atoms with Crippen LogP contribution >= 0.6 is 22.3 Å². The Morgan fingerprint density at radius 3 is 2.62 bits per heavy atom. The number of carbonyl (C=O) groups is 1. The van der Waals surface area contributed by atoms with Gasteiger partial charge < -0.3 is 9.64 Å². The number of nitrogens with zero attached hydrogens (tertiary/aromatic N) is 1. The Kier molecular flexibility index (Phi) is 4.82. The molecule has 1 aliphatic rings. The maximum Gasteiger partial charge on any atom is 0.262 e. The Morgan fingerprint density at radius 1 is 1.43 bits per heavy atom. The molecule has 1 saturated heterocycles. The average molecular weight is 352 g/mol. The van der Waals surface area contributed by atoms with Gasteiger partial charge in [-0.3, -0.25) is 4.79 Å². The molecule has 2 atom stereocenters. The summed E-state index contributed by atoms with van der Waals surface area (Å²) in [4.78, 5) is 13.8. The van der Waals surface area contributed by atoms with Crippen LogP contribution in [0.4, 0.5) is 0 Å². The number of likely N-dealkylation sites (N-methyl/N-ethyl adjacent to an activating group) is 1. The van der Waals surface area contributed by atoms with Crippen molar-refractivity contribution in [1.82, 2.24) is 4.90 Å². The van der Waals surface area contributed by atoms with Crippen molar-refractivity contribution in [3.63, 3.8) is 0 Å². The zero-order chi connectivity index (χ0) is 15.8. The van der Waals surface area contributed by atoms with Gasteiger partial charge in [0.15, 0.2) is 0 Å². The molecule has 0 saturated carbocycles. The highest BCUT2D eigenvalue weighted by atomic mass is 35.7. The fourth-order valence-corrected chi connectivity index (χ4v) is 3.85. The van der Waals surface area contributed by atoms with Gasteiger partial charge in [0.05, 0.1) is 27.6 Å². The van der Waals surface area contributed by atoms with E-state index in [2.05, 4.69) is 0 Å². The molecule has 1 amide bonds. The Morgan fingerprint density at radius 2 is 2.10 bits per heavy atom. The molecule has 1 fully saturated rings. The van der Waals surface area contributed by atoms with E-state index in [4.69, 9.17) is 27.0 Å². The fraction of sp³-hybridized carbons (Fsp3) is 0.462. The van der Waals surface area contributed by atoms with Gasteiger partial charge in [0, 0.05) is 24.3 Å². The normalized spacial score (nSPS) is 22.3. The number of hydrogen-bond acceptors (Lipinski definition) is 4. The van der Waals surface area contributed by atoms with Crippen LogP contribution in [0.3, 0.4) is 0 Å². The molecule has 116 valence electrons. The lowest BCUT2D eigenvalue weighted by atomic mass is 10.1. The summed E-state index contributed by atoms with van der Waals surface area (Å²) < 4.78 is 28.7. The zero-order valence-electron chi connectivity index (χ0n) is 11.5. The monoisotopic (exact) mass is 351 g/mol. The number of benzene rings is 1. The zero-order valence-corrected chi connectivity index (χ0v) is 13.9. The first-order chi connectivity index (χ1) is 9.73. The Labute approximate surface area is 133 Å². The van der Waals surface area contributed by atoms with E-state index in [1.54, 1.807) is 7.05 Å². The summed E-state index contributed by atoms with van der Waals surface area (Å²) in [6, 6.07) is 4.04. The highest BCUT2D eigenvalue weighted by Crippen LogP contribution is 2.29. The molecule has 1 aliphatic heterocycles. The Balaban J connectivity index is 2.44. The lowest BCUT2D eigenvalue weighted by Gasteiger charge is -2.27. The first kappa shape index (κ1) is 16.5. The van der Waals surface area contributed by atoms with Crippen molar-refractivity contribution >= 4 is 37.2 Å². The molecule has 0 bridgehead atoms. The second kappa shape index (κ2) is 6.12. The van der Waals surface area contributed by atoms with E-state index in [0.717, 1.165) is 0 Å². The summed E-state index contributed by atoms with van der Waals surface area (Å²) in [5.74, 6) is -0.484. The largest absolute Gasteiger partial charge is 0.376 e. The number of halogens is 2. The van der Waals surface area contributed by atoms with E-state index >= 15 is 0 Å². The van der Waals surface area contributed by atoms with E-state index in [1.807, 2.05) is 6.92 Å². The van der Waals surface area contributed by atoms with Crippen molar-refractivity contribution in [3.05, 3.63) is 28.8 Å². The topological polar surface area (TPSA) is 63.7 Å². The lowest BCUT2D eigenvalue weighted by Crippen LogP contribution is -2.41. The number of hydrogen-bond donors (Lipinski definition) is 0. The van der Waals surface area contributed by atoms with E-state index in [0.29, 0.717) is 13.0 Å². The lowest BCUT2D eigenvalue weighted by molar-refractivity contribution is 0.0572. The van der Waals surface area contributed by atoms with Crippen molar-refractivity contribution < 1.29 is 17.9 Å². The summed E-state index contributed by atoms with van der Waals surface area (Å²) in [6.07, 6.45) is 0.578. The molecule has 0 spiro atoms. The summed E-state index contributed by atoms with van der Waals surface area (Å²) >= 11 is 6.02. The molecular weight excluding hydrogens is 337 g/mol. The van der Waals surface area contributed by atoms with Gasteiger partial charge in [0.1, 0.15) is 0 Å². The van der Waals surface area contributed by atoms with Gasteiger partial charge in [-0.25, -0.2) is 8.42 Å². The summed E-state index contributed by atoms with van der Waals surface area (Å²) in [5.41, 5.74) is -0.101. The minimum Gasteiger partial charge on any atom is -0.376 e. The van der Waals surface area contributed by atoms with Crippen molar-refractivity contribution in [2.75, 3.05) is 13.7 Å². The van der Waals surface area contributed by atoms with Gasteiger partial charge in [-0.15, -0.1) is 0 Å². The van der Waals surface area contributed by atoms with Crippen LogP contribution in [0.1, 0.15) is 23.7 Å². The number of ether oxygens (including phenoxy) is 1. The second-order valence-corrected chi connectivity index (χ2v) is 7.84. The standard InChI is InChI=1S/C13H15Cl2NO4S/c1-8-10(6-7-20-8)16(2)13(17)12-9(14)4-3-5-11(12)21(15,18)19/h3-5,8,10H,6-7H2,1-2H3. The van der Waals surface area contributed by atoms with Gasteiger partial charge in [-0.1, -0.05) is 17.7 Å². The Hall–Kier alpha value is -0.820. The molecule has 2 unspecified atom stereocenters. The highest BCUT2D eigenvalue weighted by Gasteiger charge is 2.34. The Bertz CT molecular complexity index is 662. The molecule has 0 radical (unpaired) electrons. The summed E-state index contributed by atoms with van der Waals surface area (Å²) in [7, 11) is 2.93. The van der Waals surface area contributed by atoms with Gasteiger partial charge in [0.25, 0.3) is 15.0 Å². The molecule has 1 aromatic rings. The molecule has 0 aromatic heterocycles. The molecule has 0 N–H and O–H groups in total. The van der Waals surface area contributed by atoms with Gasteiger partial charge in [-0.2, -0.15) is 0 Å². The summed E-state index contributed by atoms with van der Waals surface area (Å²) in [6.45, 7) is 2.43. The second-order valence-electron chi connectivity index (χ2n) is 4.90. The highest BCUT2D eigenvalue weighted by molar-refractivity contribution is 8.13. The van der Waals surface area contributed by atoms with Crippen LogP contribution in [-0.2, 0) is 13.8 Å². The van der Waals surface area contributed by atoms with Crippen LogP contribution in [0.25, 0.3) is 0 Å². The molecule has 21 heavy (non-hydrogen) atoms. The minimum atomic E-state index is -4.06. The molecule has 1 aromatic carbocycles. The van der Waals surface area contributed by atoms with Crippen LogP contribution in [0.5, 0.6) is 0 Å². The van der Waals surface area contributed by atoms with Gasteiger partial charge >= 0.3 is 0 Å². The quantitative estimate of drug-likeness (QED) is 0.785. The molecule has 1 heterocycles. The molecule has 2 rings (SSSR count). The number of amides is 1. The molecular formula is C13H15Cl2NO4S. The van der Waals surface area contributed by atoms with Gasteiger partial charge in [0.2, 0.25) is 0 Å².